The van der Waals surface area contributed by atoms with Gasteiger partial charge in [-0.15, -0.1) is 0 Å². The van der Waals surface area contributed by atoms with Crippen LogP contribution >= 0.6 is 0 Å². The summed E-state index contributed by atoms with van der Waals surface area (Å²) in [7, 11) is 0. The number of rotatable bonds is 2. The Kier molecular flexibility index (Phi) is 3.78. The van der Waals surface area contributed by atoms with Crippen molar-refractivity contribution in [3.8, 4) is 0 Å². The van der Waals surface area contributed by atoms with Crippen molar-refractivity contribution in [1.82, 2.24) is 4.90 Å². The van der Waals surface area contributed by atoms with E-state index in [2.05, 4.69) is 6.92 Å². The molecule has 0 aromatic rings. The van der Waals surface area contributed by atoms with Gasteiger partial charge < -0.3 is 19.1 Å². The molecule has 5 heteroatoms. The SMILES string of the molecule is CCC1OCCC1C(=O)N1CCC2(CC1)OCCO2. The molecule has 3 rings (SSSR count). The minimum absolute atomic E-state index is 0.0597. The first-order valence-electron chi connectivity index (χ1n) is 7.42. The number of nitrogens with zero attached hydrogens (tertiary/aromatic N) is 1. The molecule has 3 fully saturated rings. The van der Waals surface area contributed by atoms with Crippen molar-refractivity contribution in [3.63, 3.8) is 0 Å². The van der Waals surface area contributed by atoms with Gasteiger partial charge in [0.1, 0.15) is 0 Å². The molecule has 0 aromatic carbocycles. The minimum atomic E-state index is -0.396. The van der Waals surface area contributed by atoms with E-state index >= 15 is 0 Å². The Morgan fingerprint density at radius 1 is 1.21 bits per heavy atom. The molecule has 0 saturated carbocycles. The van der Waals surface area contributed by atoms with Crippen molar-refractivity contribution in [2.45, 2.75) is 44.5 Å². The molecule has 1 amide bonds. The average molecular weight is 269 g/mol. The summed E-state index contributed by atoms with van der Waals surface area (Å²) in [6.45, 7) is 5.66. The van der Waals surface area contributed by atoms with E-state index in [9.17, 15) is 4.79 Å². The predicted molar refractivity (Wildman–Crippen MR) is 68.6 cm³/mol. The number of amides is 1. The molecule has 0 aliphatic carbocycles. The number of hydrogen-bond acceptors (Lipinski definition) is 4. The molecule has 0 N–H and O–H groups in total. The Morgan fingerprint density at radius 2 is 1.89 bits per heavy atom. The minimum Gasteiger partial charge on any atom is -0.377 e. The highest BCUT2D eigenvalue weighted by atomic mass is 16.7. The van der Waals surface area contributed by atoms with Gasteiger partial charge in [0.05, 0.1) is 25.2 Å². The molecule has 3 aliphatic heterocycles. The largest absolute Gasteiger partial charge is 0.377 e. The molecule has 0 bridgehead atoms. The molecule has 108 valence electrons. The Morgan fingerprint density at radius 3 is 2.53 bits per heavy atom. The Labute approximate surface area is 114 Å². The van der Waals surface area contributed by atoms with E-state index in [1.807, 2.05) is 4.90 Å². The molecule has 0 aromatic heterocycles. The van der Waals surface area contributed by atoms with Crippen LogP contribution in [0.4, 0.5) is 0 Å². The van der Waals surface area contributed by atoms with Crippen molar-refractivity contribution >= 4 is 5.91 Å². The quantitative estimate of drug-likeness (QED) is 0.755. The number of carbonyl (C=O) groups excluding carboxylic acids is 1. The van der Waals surface area contributed by atoms with Crippen LogP contribution in [-0.2, 0) is 19.0 Å². The number of piperidine rings is 1. The molecule has 3 saturated heterocycles. The summed E-state index contributed by atoms with van der Waals surface area (Å²) in [5, 5.41) is 0. The first kappa shape index (κ1) is 13.3. The number of ether oxygens (including phenoxy) is 3. The molecule has 0 radical (unpaired) electrons. The second-order valence-corrected chi connectivity index (χ2v) is 5.65. The monoisotopic (exact) mass is 269 g/mol. The third kappa shape index (κ3) is 2.51. The van der Waals surface area contributed by atoms with E-state index in [0.29, 0.717) is 13.2 Å². The van der Waals surface area contributed by atoms with Crippen LogP contribution in [0.3, 0.4) is 0 Å². The molecule has 2 atom stereocenters. The molecule has 19 heavy (non-hydrogen) atoms. The summed E-state index contributed by atoms with van der Waals surface area (Å²) >= 11 is 0. The third-order valence-corrected chi connectivity index (χ3v) is 4.58. The van der Waals surface area contributed by atoms with Crippen LogP contribution in [0.5, 0.6) is 0 Å². The van der Waals surface area contributed by atoms with E-state index in [4.69, 9.17) is 14.2 Å². The topological polar surface area (TPSA) is 48.0 Å². The highest BCUT2D eigenvalue weighted by Gasteiger charge is 2.43. The van der Waals surface area contributed by atoms with Crippen LogP contribution in [-0.4, -0.2) is 55.6 Å². The lowest BCUT2D eigenvalue weighted by Gasteiger charge is -2.38. The Hall–Kier alpha value is -0.650. The Balaban J connectivity index is 1.57. The van der Waals surface area contributed by atoms with Crippen LogP contribution in [0, 0.1) is 5.92 Å². The van der Waals surface area contributed by atoms with E-state index in [1.165, 1.54) is 0 Å². The van der Waals surface area contributed by atoms with Gasteiger partial charge >= 0.3 is 0 Å². The summed E-state index contributed by atoms with van der Waals surface area (Å²) in [5.74, 6) is -0.0747. The van der Waals surface area contributed by atoms with Crippen molar-refractivity contribution in [2.24, 2.45) is 5.92 Å². The normalized spacial score (nSPS) is 34.1. The zero-order chi connectivity index (χ0) is 13.3. The van der Waals surface area contributed by atoms with Crippen molar-refractivity contribution in [3.05, 3.63) is 0 Å². The van der Waals surface area contributed by atoms with E-state index in [0.717, 1.165) is 45.4 Å². The van der Waals surface area contributed by atoms with Crippen molar-refractivity contribution < 1.29 is 19.0 Å². The Bertz CT molecular complexity index is 330. The first-order chi connectivity index (χ1) is 9.24. The highest BCUT2D eigenvalue weighted by Crippen LogP contribution is 2.33. The zero-order valence-electron chi connectivity index (χ0n) is 11.6. The first-order valence-corrected chi connectivity index (χ1v) is 7.42. The summed E-state index contributed by atoms with van der Waals surface area (Å²) in [6.07, 6.45) is 3.49. The lowest BCUT2D eigenvalue weighted by molar-refractivity contribution is -0.188. The fourth-order valence-corrected chi connectivity index (χ4v) is 3.42. The number of carbonyl (C=O) groups is 1. The third-order valence-electron chi connectivity index (χ3n) is 4.58. The standard InChI is InChI=1S/C14H23NO4/c1-2-12-11(3-8-17-12)13(16)15-6-4-14(5-7-15)18-9-10-19-14/h11-12H,2-10H2,1H3. The van der Waals surface area contributed by atoms with Gasteiger partial charge in [0.25, 0.3) is 0 Å². The zero-order valence-corrected chi connectivity index (χ0v) is 11.6. The van der Waals surface area contributed by atoms with Crippen LogP contribution < -0.4 is 0 Å². The summed E-state index contributed by atoms with van der Waals surface area (Å²) in [5.41, 5.74) is 0. The maximum atomic E-state index is 12.5. The molecular weight excluding hydrogens is 246 g/mol. The van der Waals surface area contributed by atoms with Gasteiger partial charge in [-0.25, -0.2) is 0 Å². The van der Waals surface area contributed by atoms with E-state index < -0.39 is 5.79 Å². The smallest absolute Gasteiger partial charge is 0.228 e. The van der Waals surface area contributed by atoms with Crippen LogP contribution in [0.25, 0.3) is 0 Å². The molecule has 1 spiro atoms. The van der Waals surface area contributed by atoms with Gasteiger partial charge in [0, 0.05) is 32.5 Å². The fourth-order valence-electron chi connectivity index (χ4n) is 3.42. The second kappa shape index (κ2) is 5.38. The molecule has 3 aliphatic rings. The predicted octanol–water partition coefficient (Wildman–Crippen LogP) is 1.17. The van der Waals surface area contributed by atoms with Crippen LogP contribution in [0.2, 0.25) is 0 Å². The molecule has 5 nitrogen and oxygen atoms in total. The number of hydrogen-bond donors (Lipinski definition) is 0. The van der Waals surface area contributed by atoms with Gasteiger partial charge in [-0.1, -0.05) is 6.92 Å². The van der Waals surface area contributed by atoms with Crippen LogP contribution in [0.1, 0.15) is 32.6 Å². The average Bonchev–Trinajstić information content (AvgIpc) is 3.08. The number of likely N-dealkylation sites (tertiary alicyclic amines) is 1. The second-order valence-electron chi connectivity index (χ2n) is 5.65. The maximum absolute atomic E-state index is 12.5. The van der Waals surface area contributed by atoms with Crippen LogP contribution in [0.15, 0.2) is 0 Å². The van der Waals surface area contributed by atoms with Gasteiger partial charge in [0.15, 0.2) is 5.79 Å². The maximum Gasteiger partial charge on any atom is 0.228 e. The van der Waals surface area contributed by atoms with E-state index in [-0.39, 0.29) is 17.9 Å². The molecule has 2 unspecified atom stereocenters. The molecule has 3 heterocycles. The van der Waals surface area contributed by atoms with Crippen molar-refractivity contribution in [2.75, 3.05) is 32.9 Å². The lowest BCUT2D eigenvalue weighted by Crippen LogP contribution is -2.49. The fraction of sp³-hybridized carbons (Fsp3) is 0.929. The summed E-state index contributed by atoms with van der Waals surface area (Å²) in [6, 6.07) is 0. The van der Waals surface area contributed by atoms with E-state index in [1.54, 1.807) is 0 Å². The van der Waals surface area contributed by atoms with Gasteiger partial charge in [-0.2, -0.15) is 0 Å². The van der Waals surface area contributed by atoms with Crippen molar-refractivity contribution in [1.29, 1.82) is 0 Å². The van der Waals surface area contributed by atoms with Gasteiger partial charge in [-0.05, 0) is 12.8 Å². The summed E-state index contributed by atoms with van der Waals surface area (Å²) in [4.78, 5) is 14.5. The van der Waals surface area contributed by atoms with Gasteiger partial charge in [-0.3, -0.25) is 4.79 Å². The van der Waals surface area contributed by atoms with Gasteiger partial charge in [0.2, 0.25) is 5.91 Å². The summed E-state index contributed by atoms with van der Waals surface area (Å²) < 4.78 is 17.0. The highest BCUT2D eigenvalue weighted by molar-refractivity contribution is 5.79. The lowest BCUT2D eigenvalue weighted by atomic mass is 9.95. The molecular formula is C14H23NO4.